The number of rotatable bonds is 2. The van der Waals surface area contributed by atoms with Crippen molar-refractivity contribution in [3.8, 4) is 12.3 Å². The van der Waals surface area contributed by atoms with Crippen molar-refractivity contribution in [2.75, 3.05) is 0 Å². The zero-order valence-corrected chi connectivity index (χ0v) is 6.42. The maximum absolute atomic E-state index is 11.2. The highest BCUT2D eigenvalue weighted by atomic mass is 16.1. The maximum Gasteiger partial charge on any atom is 0.139 e. The number of hydrogen-bond donors (Lipinski definition) is 0. The molecule has 1 unspecified atom stereocenters. The Hall–Kier alpha value is -0.770. The number of ketones is 1. The van der Waals surface area contributed by atoms with Gasteiger partial charge in [-0.2, -0.15) is 0 Å². The van der Waals surface area contributed by atoms with Crippen LogP contribution in [0.1, 0.15) is 20.3 Å². The largest absolute Gasteiger partial charge is 0.299 e. The van der Waals surface area contributed by atoms with Crippen molar-refractivity contribution in [2.45, 2.75) is 20.3 Å². The molecule has 1 aliphatic rings. The third-order valence-corrected chi connectivity index (χ3v) is 1.94. The summed E-state index contributed by atoms with van der Waals surface area (Å²) in [6, 6.07) is 0. The van der Waals surface area contributed by atoms with Crippen LogP contribution >= 0.6 is 0 Å². The Bertz CT molecular complexity index is 185. The molecule has 1 aliphatic carbocycles. The summed E-state index contributed by atoms with van der Waals surface area (Å²) in [5.41, 5.74) is 0. The van der Waals surface area contributed by atoms with Gasteiger partial charge in [0.2, 0.25) is 0 Å². The number of Topliss-reactive ketones (excluding diaryl/α,β-unsaturated/α-hetero) is 1. The SMILES string of the molecule is C#CC1C[C@H]1C(=O)C(C)C. The Labute approximate surface area is 61.8 Å². The molecule has 0 aromatic rings. The Morgan fingerprint density at radius 1 is 1.70 bits per heavy atom. The molecule has 1 saturated carbocycles. The van der Waals surface area contributed by atoms with Gasteiger partial charge in [-0.05, 0) is 6.42 Å². The number of terminal acetylenes is 1. The molecule has 10 heavy (non-hydrogen) atoms. The Morgan fingerprint density at radius 2 is 2.30 bits per heavy atom. The molecule has 0 N–H and O–H groups in total. The molecule has 1 heteroatoms. The predicted molar refractivity (Wildman–Crippen MR) is 40.3 cm³/mol. The van der Waals surface area contributed by atoms with E-state index in [9.17, 15) is 4.79 Å². The summed E-state index contributed by atoms with van der Waals surface area (Å²) in [5.74, 6) is 3.55. The van der Waals surface area contributed by atoms with Gasteiger partial charge in [-0.15, -0.1) is 12.3 Å². The van der Waals surface area contributed by atoms with Gasteiger partial charge in [-0.25, -0.2) is 0 Å². The standard InChI is InChI=1S/C9H12O/c1-4-7-5-8(7)9(10)6(2)3/h1,6-8H,5H2,2-3H3/t7?,8-/m1/s1. The topological polar surface area (TPSA) is 17.1 Å². The van der Waals surface area contributed by atoms with E-state index in [1.807, 2.05) is 13.8 Å². The maximum atomic E-state index is 11.2. The first-order chi connectivity index (χ1) is 4.66. The fourth-order valence-corrected chi connectivity index (χ4v) is 1.12. The van der Waals surface area contributed by atoms with E-state index >= 15 is 0 Å². The van der Waals surface area contributed by atoms with Crippen molar-refractivity contribution in [1.82, 2.24) is 0 Å². The predicted octanol–water partition coefficient (Wildman–Crippen LogP) is 1.48. The van der Waals surface area contributed by atoms with Crippen LogP contribution in [-0.4, -0.2) is 5.78 Å². The number of hydrogen-bond acceptors (Lipinski definition) is 1. The molecule has 0 amide bonds. The Kier molecular flexibility index (Phi) is 1.80. The lowest BCUT2D eigenvalue weighted by molar-refractivity contribution is -0.123. The molecule has 0 saturated heterocycles. The minimum absolute atomic E-state index is 0.156. The summed E-state index contributed by atoms with van der Waals surface area (Å²) in [5, 5.41) is 0. The lowest BCUT2D eigenvalue weighted by Crippen LogP contribution is -2.09. The summed E-state index contributed by atoms with van der Waals surface area (Å²) in [6.45, 7) is 3.85. The van der Waals surface area contributed by atoms with Gasteiger partial charge in [0.15, 0.2) is 0 Å². The molecule has 1 rings (SSSR count). The van der Waals surface area contributed by atoms with E-state index in [2.05, 4.69) is 5.92 Å². The van der Waals surface area contributed by atoms with Crippen LogP contribution in [0.5, 0.6) is 0 Å². The van der Waals surface area contributed by atoms with Crippen LogP contribution in [-0.2, 0) is 4.79 Å². The molecular weight excluding hydrogens is 124 g/mol. The first kappa shape index (κ1) is 7.34. The van der Waals surface area contributed by atoms with Crippen molar-refractivity contribution in [1.29, 1.82) is 0 Å². The monoisotopic (exact) mass is 136 g/mol. The van der Waals surface area contributed by atoms with Gasteiger partial charge in [0.05, 0.1) is 0 Å². The third-order valence-electron chi connectivity index (χ3n) is 1.94. The van der Waals surface area contributed by atoms with E-state index in [1.54, 1.807) is 0 Å². The third kappa shape index (κ3) is 1.21. The van der Waals surface area contributed by atoms with Gasteiger partial charge in [0, 0.05) is 17.8 Å². The molecular formula is C9H12O. The second kappa shape index (κ2) is 2.46. The van der Waals surface area contributed by atoms with Crippen LogP contribution in [0.25, 0.3) is 0 Å². The number of carbonyl (C=O) groups is 1. The van der Waals surface area contributed by atoms with Crippen molar-refractivity contribution in [2.24, 2.45) is 17.8 Å². The minimum atomic E-state index is 0.156. The summed E-state index contributed by atoms with van der Waals surface area (Å²) < 4.78 is 0. The molecule has 0 radical (unpaired) electrons. The summed E-state index contributed by atoms with van der Waals surface area (Å²) in [7, 11) is 0. The van der Waals surface area contributed by atoms with Gasteiger partial charge in [-0.1, -0.05) is 13.8 Å². The molecule has 1 fully saturated rings. The molecule has 0 aromatic carbocycles. The van der Waals surface area contributed by atoms with Crippen LogP contribution in [0.15, 0.2) is 0 Å². The fourth-order valence-electron chi connectivity index (χ4n) is 1.12. The smallest absolute Gasteiger partial charge is 0.139 e. The highest BCUT2D eigenvalue weighted by molar-refractivity contribution is 5.85. The van der Waals surface area contributed by atoms with Crippen molar-refractivity contribution < 1.29 is 4.79 Å². The molecule has 54 valence electrons. The molecule has 0 heterocycles. The van der Waals surface area contributed by atoms with Crippen LogP contribution in [0.3, 0.4) is 0 Å². The van der Waals surface area contributed by atoms with Crippen LogP contribution in [0, 0.1) is 30.1 Å². The molecule has 1 nitrogen and oxygen atoms in total. The zero-order valence-electron chi connectivity index (χ0n) is 6.42. The molecule has 2 atom stereocenters. The lowest BCUT2D eigenvalue weighted by atomic mass is 10.0. The van der Waals surface area contributed by atoms with Crippen molar-refractivity contribution in [3.63, 3.8) is 0 Å². The van der Waals surface area contributed by atoms with Gasteiger partial charge in [-0.3, -0.25) is 4.79 Å². The van der Waals surface area contributed by atoms with Gasteiger partial charge >= 0.3 is 0 Å². The molecule has 0 aliphatic heterocycles. The van der Waals surface area contributed by atoms with Gasteiger partial charge in [0.25, 0.3) is 0 Å². The van der Waals surface area contributed by atoms with Crippen LogP contribution < -0.4 is 0 Å². The average Bonchev–Trinajstić information content (AvgIpc) is 2.64. The van der Waals surface area contributed by atoms with E-state index in [1.165, 1.54) is 0 Å². The van der Waals surface area contributed by atoms with E-state index in [-0.39, 0.29) is 17.8 Å². The van der Waals surface area contributed by atoms with Crippen molar-refractivity contribution >= 4 is 5.78 Å². The lowest BCUT2D eigenvalue weighted by Gasteiger charge is -1.99. The van der Waals surface area contributed by atoms with E-state index in [4.69, 9.17) is 6.42 Å². The van der Waals surface area contributed by atoms with Crippen LogP contribution in [0.4, 0.5) is 0 Å². The highest BCUT2D eigenvalue weighted by Gasteiger charge is 2.41. The van der Waals surface area contributed by atoms with E-state index in [0.29, 0.717) is 5.78 Å². The molecule has 0 bridgehead atoms. The summed E-state index contributed by atoms with van der Waals surface area (Å²) in [6.07, 6.45) is 6.08. The van der Waals surface area contributed by atoms with Crippen molar-refractivity contribution in [3.05, 3.63) is 0 Å². The second-order valence-corrected chi connectivity index (χ2v) is 3.17. The Balaban J connectivity index is 2.42. The summed E-state index contributed by atoms with van der Waals surface area (Å²) in [4.78, 5) is 11.2. The Morgan fingerprint density at radius 3 is 2.60 bits per heavy atom. The van der Waals surface area contributed by atoms with Gasteiger partial charge < -0.3 is 0 Å². The first-order valence-corrected chi connectivity index (χ1v) is 3.66. The van der Waals surface area contributed by atoms with E-state index in [0.717, 1.165) is 6.42 Å². The average molecular weight is 136 g/mol. The molecule has 0 spiro atoms. The fraction of sp³-hybridized carbons (Fsp3) is 0.667. The summed E-state index contributed by atoms with van der Waals surface area (Å²) >= 11 is 0. The van der Waals surface area contributed by atoms with E-state index < -0.39 is 0 Å². The normalized spacial score (nSPS) is 29.8. The number of carbonyl (C=O) groups excluding carboxylic acids is 1. The second-order valence-electron chi connectivity index (χ2n) is 3.17. The minimum Gasteiger partial charge on any atom is -0.299 e. The molecule has 0 aromatic heterocycles. The highest BCUT2D eigenvalue weighted by Crippen LogP contribution is 2.39. The zero-order chi connectivity index (χ0) is 7.72. The first-order valence-electron chi connectivity index (χ1n) is 3.66. The quantitative estimate of drug-likeness (QED) is 0.525. The van der Waals surface area contributed by atoms with Gasteiger partial charge in [0.1, 0.15) is 5.78 Å². The van der Waals surface area contributed by atoms with Crippen LogP contribution in [0.2, 0.25) is 0 Å².